The minimum atomic E-state index is -2.66. The van der Waals surface area contributed by atoms with Crippen LogP contribution in [0.4, 0.5) is 14.5 Å². The maximum absolute atomic E-state index is 12.1. The van der Waals surface area contributed by atoms with Crippen molar-refractivity contribution in [2.75, 3.05) is 25.1 Å². The molecule has 0 spiro atoms. The number of carboxylic acid groups (broad SMARTS) is 1. The van der Waals surface area contributed by atoms with Gasteiger partial charge in [0.2, 0.25) is 0 Å². The Hall–Kier alpha value is -1.93. The third-order valence-corrected chi connectivity index (χ3v) is 2.33. The monoisotopic (exact) mass is 291 g/mol. The topological polar surface area (TPSA) is 99.0 Å². The molecule has 0 aromatic heterocycles. The summed E-state index contributed by atoms with van der Waals surface area (Å²) in [5.41, 5.74) is 0.0911. The lowest BCUT2D eigenvalue weighted by Crippen LogP contribution is -2.23. The molecule has 1 aromatic rings. The van der Waals surface area contributed by atoms with Gasteiger partial charge in [0, 0.05) is 6.54 Å². The van der Waals surface area contributed by atoms with Crippen molar-refractivity contribution in [3.8, 4) is 5.75 Å². The molecule has 0 heterocycles. The molecule has 0 saturated heterocycles. The first-order valence-corrected chi connectivity index (χ1v) is 5.75. The van der Waals surface area contributed by atoms with Crippen molar-refractivity contribution < 1.29 is 33.6 Å². The number of ether oxygens (including phenoxy) is 1. The number of alkyl halides is 2. The number of aliphatic hydroxyl groups excluding tert-OH is 2. The van der Waals surface area contributed by atoms with E-state index in [-0.39, 0.29) is 23.5 Å². The van der Waals surface area contributed by atoms with E-state index >= 15 is 0 Å². The molecule has 0 bridgehead atoms. The largest absolute Gasteiger partial charge is 0.485 e. The maximum Gasteiger partial charge on any atom is 0.335 e. The second-order valence-electron chi connectivity index (χ2n) is 3.94. The number of carboxylic acids is 1. The van der Waals surface area contributed by atoms with Crippen LogP contribution in [-0.4, -0.2) is 53.6 Å². The van der Waals surface area contributed by atoms with E-state index in [2.05, 4.69) is 5.32 Å². The van der Waals surface area contributed by atoms with Gasteiger partial charge in [0.25, 0.3) is 6.43 Å². The van der Waals surface area contributed by atoms with E-state index in [4.69, 9.17) is 14.9 Å². The van der Waals surface area contributed by atoms with E-state index < -0.39 is 31.7 Å². The molecule has 6 nitrogen and oxygen atoms in total. The van der Waals surface area contributed by atoms with Gasteiger partial charge in [-0.3, -0.25) is 0 Å². The molecule has 1 atom stereocenters. The summed E-state index contributed by atoms with van der Waals surface area (Å²) in [5, 5.41) is 29.4. The standard InChI is InChI=1S/C12H15F2NO5/c13-11(14)6-20-10-2-1-7(12(18)19)3-9(10)15-4-8(17)5-16/h1-3,8,11,15-17H,4-6H2,(H,18,19). The zero-order valence-electron chi connectivity index (χ0n) is 10.4. The van der Waals surface area contributed by atoms with Crippen LogP contribution in [0, 0.1) is 0 Å². The van der Waals surface area contributed by atoms with Crippen LogP contribution in [0.3, 0.4) is 0 Å². The summed E-state index contributed by atoms with van der Waals surface area (Å²) < 4.78 is 29.1. The van der Waals surface area contributed by atoms with Gasteiger partial charge in [-0.05, 0) is 18.2 Å². The molecule has 0 amide bonds. The normalized spacial score (nSPS) is 12.2. The first-order valence-electron chi connectivity index (χ1n) is 5.75. The second-order valence-corrected chi connectivity index (χ2v) is 3.94. The highest BCUT2D eigenvalue weighted by atomic mass is 19.3. The Morgan fingerprint density at radius 3 is 2.65 bits per heavy atom. The highest BCUT2D eigenvalue weighted by Gasteiger charge is 2.12. The van der Waals surface area contributed by atoms with E-state index in [1.807, 2.05) is 0 Å². The van der Waals surface area contributed by atoms with Crippen LogP contribution in [0.25, 0.3) is 0 Å². The van der Waals surface area contributed by atoms with E-state index in [9.17, 15) is 18.7 Å². The lowest BCUT2D eigenvalue weighted by atomic mass is 10.2. The second kappa shape index (κ2) is 7.61. The fourth-order valence-electron chi connectivity index (χ4n) is 1.37. The average molecular weight is 291 g/mol. The molecular formula is C12H15F2NO5. The smallest absolute Gasteiger partial charge is 0.335 e. The molecule has 112 valence electrons. The summed E-state index contributed by atoms with van der Waals surface area (Å²) >= 11 is 0. The van der Waals surface area contributed by atoms with Gasteiger partial charge in [-0.1, -0.05) is 0 Å². The molecule has 20 heavy (non-hydrogen) atoms. The quantitative estimate of drug-likeness (QED) is 0.565. The Balaban J connectivity index is 2.88. The number of hydrogen-bond acceptors (Lipinski definition) is 5. The number of aromatic carboxylic acids is 1. The Bertz CT molecular complexity index is 455. The van der Waals surface area contributed by atoms with Crippen molar-refractivity contribution in [2.24, 2.45) is 0 Å². The number of nitrogens with one attached hydrogen (secondary N) is 1. The number of halogens is 2. The number of aliphatic hydroxyl groups is 2. The summed E-state index contributed by atoms with van der Waals surface area (Å²) in [4.78, 5) is 10.8. The van der Waals surface area contributed by atoms with Crippen molar-refractivity contribution in [1.82, 2.24) is 0 Å². The third-order valence-electron chi connectivity index (χ3n) is 2.33. The van der Waals surface area contributed by atoms with Gasteiger partial charge >= 0.3 is 5.97 Å². The molecule has 1 rings (SSSR count). The molecule has 8 heteroatoms. The Kier molecular flexibility index (Phi) is 6.13. The zero-order chi connectivity index (χ0) is 15.1. The van der Waals surface area contributed by atoms with Crippen LogP contribution in [0.2, 0.25) is 0 Å². The van der Waals surface area contributed by atoms with Crippen molar-refractivity contribution >= 4 is 11.7 Å². The fourth-order valence-corrected chi connectivity index (χ4v) is 1.37. The van der Waals surface area contributed by atoms with Gasteiger partial charge in [-0.25, -0.2) is 13.6 Å². The Labute approximate surface area is 113 Å². The molecule has 0 aliphatic heterocycles. The predicted molar refractivity (Wildman–Crippen MR) is 66.5 cm³/mol. The van der Waals surface area contributed by atoms with Crippen molar-refractivity contribution in [2.45, 2.75) is 12.5 Å². The van der Waals surface area contributed by atoms with E-state index in [1.54, 1.807) is 0 Å². The van der Waals surface area contributed by atoms with Gasteiger partial charge in [0.15, 0.2) is 0 Å². The minimum absolute atomic E-state index is 0.0421. The molecule has 0 radical (unpaired) electrons. The number of carbonyl (C=O) groups is 1. The lowest BCUT2D eigenvalue weighted by molar-refractivity contribution is 0.0695. The van der Waals surface area contributed by atoms with Crippen LogP contribution in [0.15, 0.2) is 18.2 Å². The van der Waals surface area contributed by atoms with Crippen molar-refractivity contribution in [3.05, 3.63) is 23.8 Å². The summed E-state index contributed by atoms with van der Waals surface area (Å²) in [5.74, 6) is -1.14. The molecule has 1 unspecified atom stereocenters. The van der Waals surface area contributed by atoms with Gasteiger partial charge in [0.1, 0.15) is 12.4 Å². The van der Waals surface area contributed by atoms with Crippen molar-refractivity contribution in [3.63, 3.8) is 0 Å². The summed E-state index contributed by atoms with van der Waals surface area (Å²) in [6, 6.07) is 3.67. The van der Waals surface area contributed by atoms with Crippen LogP contribution < -0.4 is 10.1 Å². The molecule has 0 saturated carbocycles. The molecule has 0 fully saturated rings. The van der Waals surface area contributed by atoms with Crippen LogP contribution in [-0.2, 0) is 0 Å². The van der Waals surface area contributed by atoms with Crippen LogP contribution >= 0.6 is 0 Å². The fraction of sp³-hybridized carbons (Fsp3) is 0.417. The predicted octanol–water partition coefficient (Wildman–Crippen LogP) is 0.794. The SMILES string of the molecule is O=C(O)c1ccc(OCC(F)F)c(NCC(O)CO)c1. The zero-order valence-corrected chi connectivity index (χ0v) is 10.4. The lowest BCUT2D eigenvalue weighted by Gasteiger charge is -2.15. The highest BCUT2D eigenvalue weighted by molar-refractivity contribution is 5.89. The van der Waals surface area contributed by atoms with Gasteiger partial charge in [-0.15, -0.1) is 0 Å². The Morgan fingerprint density at radius 2 is 2.10 bits per heavy atom. The first kappa shape index (κ1) is 16.1. The number of rotatable bonds is 8. The molecule has 4 N–H and O–H groups in total. The number of anilines is 1. The van der Waals surface area contributed by atoms with Gasteiger partial charge in [-0.2, -0.15) is 0 Å². The first-order chi connectivity index (χ1) is 9.43. The molecule has 1 aromatic carbocycles. The summed E-state index contributed by atoms with van der Waals surface area (Å²) in [6.07, 6.45) is -3.73. The van der Waals surface area contributed by atoms with E-state index in [1.165, 1.54) is 18.2 Å². The Morgan fingerprint density at radius 1 is 1.40 bits per heavy atom. The van der Waals surface area contributed by atoms with Gasteiger partial charge in [0.05, 0.1) is 24.0 Å². The molecule has 0 aliphatic carbocycles. The number of benzene rings is 1. The summed E-state index contributed by atoms with van der Waals surface area (Å²) in [6.45, 7) is -1.40. The highest BCUT2D eigenvalue weighted by Crippen LogP contribution is 2.26. The van der Waals surface area contributed by atoms with Crippen molar-refractivity contribution in [1.29, 1.82) is 0 Å². The molecular weight excluding hydrogens is 276 g/mol. The van der Waals surface area contributed by atoms with E-state index in [0.717, 1.165) is 0 Å². The summed E-state index contributed by atoms with van der Waals surface area (Å²) in [7, 11) is 0. The average Bonchev–Trinajstić information content (AvgIpc) is 2.42. The van der Waals surface area contributed by atoms with Crippen LogP contribution in [0.1, 0.15) is 10.4 Å². The number of hydrogen-bond donors (Lipinski definition) is 4. The minimum Gasteiger partial charge on any atom is -0.485 e. The third kappa shape index (κ3) is 4.98. The van der Waals surface area contributed by atoms with Crippen LogP contribution in [0.5, 0.6) is 5.75 Å². The van der Waals surface area contributed by atoms with Gasteiger partial charge < -0.3 is 25.4 Å². The van der Waals surface area contributed by atoms with E-state index in [0.29, 0.717) is 0 Å². The molecule has 0 aliphatic rings. The maximum atomic E-state index is 12.1.